The van der Waals surface area contributed by atoms with Gasteiger partial charge in [0.05, 0.1) is 12.0 Å². The number of aryl methyl sites for hydroxylation is 2. The third-order valence-electron chi connectivity index (χ3n) is 3.42. The quantitative estimate of drug-likeness (QED) is 0.796. The van der Waals surface area contributed by atoms with E-state index >= 15 is 0 Å². The van der Waals surface area contributed by atoms with Gasteiger partial charge in [0.25, 0.3) is 0 Å². The SMILES string of the molecule is CNC(CCn1cnc2c1CCCC2)C(=O)O. The predicted octanol–water partition coefficient (Wildman–Crippen LogP) is 0.825. The number of carboxylic acid groups (broad SMARTS) is 1. The number of imidazole rings is 1. The van der Waals surface area contributed by atoms with E-state index in [1.165, 1.54) is 24.2 Å². The fraction of sp³-hybridized carbons (Fsp3) is 0.667. The molecule has 2 N–H and O–H groups in total. The summed E-state index contributed by atoms with van der Waals surface area (Å²) in [4.78, 5) is 15.3. The molecular weight excluding hydrogens is 218 g/mol. The van der Waals surface area contributed by atoms with Gasteiger partial charge in [-0.3, -0.25) is 4.79 Å². The number of hydrogen-bond acceptors (Lipinski definition) is 3. The van der Waals surface area contributed by atoms with E-state index in [1.54, 1.807) is 7.05 Å². The van der Waals surface area contributed by atoms with Crippen molar-refractivity contribution in [2.24, 2.45) is 0 Å². The molecule has 1 heterocycles. The molecule has 5 nitrogen and oxygen atoms in total. The molecule has 17 heavy (non-hydrogen) atoms. The summed E-state index contributed by atoms with van der Waals surface area (Å²) in [6.45, 7) is 0.722. The molecule has 1 aliphatic carbocycles. The van der Waals surface area contributed by atoms with Gasteiger partial charge >= 0.3 is 5.97 Å². The lowest BCUT2D eigenvalue weighted by Crippen LogP contribution is -2.34. The summed E-state index contributed by atoms with van der Waals surface area (Å²) in [6.07, 6.45) is 7.02. The molecule has 1 atom stereocenters. The summed E-state index contributed by atoms with van der Waals surface area (Å²) >= 11 is 0. The zero-order chi connectivity index (χ0) is 12.3. The van der Waals surface area contributed by atoms with E-state index in [-0.39, 0.29) is 0 Å². The molecule has 0 amide bonds. The molecule has 2 rings (SSSR count). The number of rotatable bonds is 5. The summed E-state index contributed by atoms with van der Waals surface area (Å²) in [5.41, 5.74) is 2.50. The fourth-order valence-corrected chi connectivity index (χ4v) is 2.38. The Labute approximate surface area is 101 Å². The lowest BCUT2D eigenvalue weighted by atomic mass is 10.0. The van der Waals surface area contributed by atoms with Crippen molar-refractivity contribution in [1.29, 1.82) is 0 Å². The van der Waals surface area contributed by atoms with E-state index in [0.29, 0.717) is 6.42 Å². The molecule has 0 saturated carbocycles. The second-order valence-corrected chi connectivity index (χ2v) is 4.51. The van der Waals surface area contributed by atoms with Crippen molar-refractivity contribution in [3.63, 3.8) is 0 Å². The number of aromatic nitrogens is 2. The van der Waals surface area contributed by atoms with Gasteiger partial charge in [0, 0.05) is 12.2 Å². The second kappa shape index (κ2) is 5.31. The zero-order valence-electron chi connectivity index (χ0n) is 10.1. The minimum absolute atomic E-state index is 0.475. The van der Waals surface area contributed by atoms with Crippen LogP contribution in [0, 0.1) is 0 Å². The highest BCUT2D eigenvalue weighted by Crippen LogP contribution is 2.20. The third-order valence-corrected chi connectivity index (χ3v) is 3.42. The van der Waals surface area contributed by atoms with Crippen molar-refractivity contribution < 1.29 is 9.90 Å². The van der Waals surface area contributed by atoms with E-state index in [9.17, 15) is 4.79 Å². The van der Waals surface area contributed by atoms with Crippen LogP contribution in [0.4, 0.5) is 0 Å². The Bertz CT molecular complexity index is 400. The van der Waals surface area contributed by atoms with Gasteiger partial charge in [-0.05, 0) is 39.2 Å². The maximum atomic E-state index is 10.9. The van der Waals surface area contributed by atoms with Crippen LogP contribution in [0.2, 0.25) is 0 Å². The van der Waals surface area contributed by atoms with Crippen LogP contribution in [0.5, 0.6) is 0 Å². The Kier molecular flexibility index (Phi) is 3.78. The summed E-state index contributed by atoms with van der Waals surface area (Å²) < 4.78 is 2.11. The summed E-state index contributed by atoms with van der Waals surface area (Å²) in [6, 6.07) is -0.475. The van der Waals surface area contributed by atoms with Gasteiger partial charge < -0.3 is 15.0 Å². The highest BCUT2D eigenvalue weighted by Gasteiger charge is 2.18. The van der Waals surface area contributed by atoms with Gasteiger partial charge in [-0.1, -0.05) is 0 Å². The summed E-state index contributed by atoms with van der Waals surface area (Å²) in [5, 5.41) is 11.8. The molecule has 0 spiro atoms. The number of likely N-dealkylation sites (N-methyl/N-ethyl adjacent to an activating group) is 1. The van der Waals surface area contributed by atoms with Crippen LogP contribution in [-0.4, -0.2) is 33.7 Å². The first-order valence-corrected chi connectivity index (χ1v) is 6.15. The molecule has 0 aliphatic heterocycles. The van der Waals surface area contributed by atoms with E-state index < -0.39 is 12.0 Å². The number of aliphatic carboxylic acids is 1. The molecule has 5 heteroatoms. The lowest BCUT2D eigenvalue weighted by Gasteiger charge is -2.16. The minimum atomic E-state index is -0.790. The van der Waals surface area contributed by atoms with Gasteiger partial charge in [0.1, 0.15) is 6.04 Å². The normalized spacial score (nSPS) is 16.5. The molecule has 1 unspecified atom stereocenters. The number of hydrogen-bond donors (Lipinski definition) is 2. The molecule has 0 aromatic carbocycles. The van der Waals surface area contributed by atoms with Crippen molar-refractivity contribution in [1.82, 2.24) is 14.9 Å². The molecule has 0 saturated heterocycles. The van der Waals surface area contributed by atoms with Gasteiger partial charge in [-0.2, -0.15) is 0 Å². The molecule has 0 radical (unpaired) electrons. The Morgan fingerprint density at radius 2 is 2.35 bits per heavy atom. The topological polar surface area (TPSA) is 67.2 Å². The molecule has 0 fully saturated rings. The Hall–Kier alpha value is -1.36. The smallest absolute Gasteiger partial charge is 0.320 e. The van der Waals surface area contributed by atoms with Crippen molar-refractivity contribution in [3.05, 3.63) is 17.7 Å². The van der Waals surface area contributed by atoms with Gasteiger partial charge in [-0.25, -0.2) is 4.98 Å². The average Bonchev–Trinajstić information content (AvgIpc) is 2.73. The third kappa shape index (κ3) is 2.66. The van der Waals surface area contributed by atoms with Gasteiger partial charge in [0.2, 0.25) is 0 Å². The molecule has 0 bridgehead atoms. The summed E-state index contributed by atoms with van der Waals surface area (Å²) in [5.74, 6) is -0.790. The van der Waals surface area contributed by atoms with Crippen LogP contribution in [-0.2, 0) is 24.2 Å². The van der Waals surface area contributed by atoms with E-state index in [4.69, 9.17) is 5.11 Å². The van der Waals surface area contributed by atoms with E-state index in [1.807, 2.05) is 6.33 Å². The number of carbonyl (C=O) groups is 1. The zero-order valence-corrected chi connectivity index (χ0v) is 10.1. The van der Waals surface area contributed by atoms with E-state index in [2.05, 4.69) is 14.9 Å². The number of nitrogens with zero attached hydrogens (tertiary/aromatic N) is 2. The first-order valence-electron chi connectivity index (χ1n) is 6.15. The Balaban J connectivity index is 1.99. The predicted molar refractivity (Wildman–Crippen MR) is 64.0 cm³/mol. The number of carboxylic acids is 1. The molecule has 1 aromatic rings. The Morgan fingerprint density at radius 1 is 1.59 bits per heavy atom. The minimum Gasteiger partial charge on any atom is -0.480 e. The summed E-state index contributed by atoms with van der Waals surface area (Å²) in [7, 11) is 1.68. The van der Waals surface area contributed by atoms with Crippen LogP contribution < -0.4 is 5.32 Å². The van der Waals surface area contributed by atoms with E-state index in [0.717, 1.165) is 19.4 Å². The number of nitrogens with one attached hydrogen (secondary N) is 1. The number of fused-ring (bicyclic) bond motifs is 1. The van der Waals surface area contributed by atoms with Crippen molar-refractivity contribution in [2.75, 3.05) is 7.05 Å². The maximum Gasteiger partial charge on any atom is 0.320 e. The molecular formula is C12H19N3O2. The highest BCUT2D eigenvalue weighted by atomic mass is 16.4. The van der Waals surface area contributed by atoms with Crippen molar-refractivity contribution >= 4 is 5.97 Å². The van der Waals surface area contributed by atoms with Crippen molar-refractivity contribution in [2.45, 2.75) is 44.7 Å². The second-order valence-electron chi connectivity index (χ2n) is 4.51. The molecule has 1 aliphatic rings. The monoisotopic (exact) mass is 237 g/mol. The average molecular weight is 237 g/mol. The van der Waals surface area contributed by atoms with Crippen LogP contribution in [0.25, 0.3) is 0 Å². The van der Waals surface area contributed by atoms with Gasteiger partial charge in [-0.15, -0.1) is 0 Å². The molecule has 1 aromatic heterocycles. The van der Waals surface area contributed by atoms with Crippen LogP contribution in [0.15, 0.2) is 6.33 Å². The lowest BCUT2D eigenvalue weighted by molar-refractivity contribution is -0.139. The fourth-order valence-electron chi connectivity index (χ4n) is 2.38. The first kappa shape index (κ1) is 12.1. The van der Waals surface area contributed by atoms with Crippen LogP contribution in [0.1, 0.15) is 30.7 Å². The first-order chi connectivity index (χ1) is 8.22. The van der Waals surface area contributed by atoms with Crippen molar-refractivity contribution in [3.8, 4) is 0 Å². The Morgan fingerprint density at radius 3 is 3.06 bits per heavy atom. The molecule has 94 valence electrons. The largest absolute Gasteiger partial charge is 0.480 e. The maximum absolute atomic E-state index is 10.9. The standard InChI is InChI=1S/C12H19N3O2/c1-13-10(12(16)17)6-7-15-8-14-9-4-2-3-5-11(9)15/h8,10,13H,2-7H2,1H3,(H,16,17). The highest BCUT2D eigenvalue weighted by molar-refractivity contribution is 5.73. The van der Waals surface area contributed by atoms with Crippen LogP contribution >= 0.6 is 0 Å². The van der Waals surface area contributed by atoms with Crippen LogP contribution in [0.3, 0.4) is 0 Å². The van der Waals surface area contributed by atoms with Gasteiger partial charge in [0.15, 0.2) is 0 Å².